The van der Waals surface area contributed by atoms with Gasteiger partial charge in [0, 0.05) is 10.6 Å². The summed E-state index contributed by atoms with van der Waals surface area (Å²) in [7, 11) is 0. The first-order valence-electron chi connectivity index (χ1n) is 6.13. The first-order chi connectivity index (χ1) is 9.00. The Kier molecular flexibility index (Phi) is 3.91. The molecule has 0 saturated carbocycles. The lowest BCUT2D eigenvalue weighted by atomic mass is 9.96. The number of carboxylic acid groups (broad SMARTS) is 1. The molecule has 98 valence electrons. The Balaban J connectivity index is 2.55. The van der Waals surface area contributed by atoms with E-state index < -0.39 is 5.97 Å². The average Bonchev–Trinajstić information content (AvgIpc) is 2.38. The van der Waals surface area contributed by atoms with Crippen molar-refractivity contribution in [1.82, 2.24) is 0 Å². The number of aromatic carboxylic acids is 1. The predicted molar refractivity (Wildman–Crippen MR) is 77.9 cm³/mol. The Morgan fingerprint density at radius 3 is 2.26 bits per heavy atom. The van der Waals surface area contributed by atoms with E-state index in [1.165, 1.54) is 5.56 Å². The summed E-state index contributed by atoms with van der Waals surface area (Å²) in [5.41, 5.74) is 2.84. The fraction of sp³-hybridized carbons (Fsp3) is 0.188. The molecule has 19 heavy (non-hydrogen) atoms. The van der Waals surface area contributed by atoms with Crippen molar-refractivity contribution in [2.24, 2.45) is 0 Å². The van der Waals surface area contributed by atoms with Gasteiger partial charge in [0.05, 0.1) is 5.56 Å². The summed E-state index contributed by atoms with van der Waals surface area (Å²) in [6.07, 6.45) is 0. The Morgan fingerprint density at radius 2 is 1.74 bits per heavy atom. The largest absolute Gasteiger partial charge is 0.478 e. The summed E-state index contributed by atoms with van der Waals surface area (Å²) >= 11 is 6.15. The van der Waals surface area contributed by atoms with E-state index in [-0.39, 0.29) is 5.56 Å². The Bertz CT molecular complexity index is 601. The second-order valence-corrected chi connectivity index (χ2v) is 5.15. The van der Waals surface area contributed by atoms with Gasteiger partial charge in [-0.05, 0) is 29.2 Å². The fourth-order valence-electron chi connectivity index (χ4n) is 2.03. The highest BCUT2D eigenvalue weighted by molar-refractivity contribution is 6.34. The third kappa shape index (κ3) is 2.79. The van der Waals surface area contributed by atoms with Crippen LogP contribution in [0.2, 0.25) is 5.02 Å². The van der Waals surface area contributed by atoms with Crippen molar-refractivity contribution in [3.05, 3.63) is 58.6 Å². The molecule has 0 fully saturated rings. The summed E-state index contributed by atoms with van der Waals surface area (Å²) in [6, 6.07) is 12.8. The van der Waals surface area contributed by atoms with Crippen molar-refractivity contribution < 1.29 is 9.90 Å². The Hall–Kier alpha value is -1.80. The SMILES string of the molecule is CC(C)c1ccc(-c2c(Cl)cccc2C(=O)O)cc1. The average molecular weight is 275 g/mol. The number of rotatable bonds is 3. The van der Waals surface area contributed by atoms with Gasteiger partial charge < -0.3 is 5.11 Å². The monoisotopic (exact) mass is 274 g/mol. The third-order valence-corrected chi connectivity index (χ3v) is 3.43. The molecule has 2 aromatic carbocycles. The number of halogens is 1. The first-order valence-corrected chi connectivity index (χ1v) is 6.50. The van der Waals surface area contributed by atoms with Gasteiger partial charge in [0.1, 0.15) is 0 Å². The highest BCUT2D eigenvalue weighted by Gasteiger charge is 2.14. The molecule has 2 nitrogen and oxygen atoms in total. The minimum atomic E-state index is -0.967. The van der Waals surface area contributed by atoms with Crippen molar-refractivity contribution in [1.29, 1.82) is 0 Å². The van der Waals surface area contributed by atoms with Crippen molar-refractivity contribution in [2.45, 2.75) is 19.8 Å². The van der Waals surface area contributed by atoms with Crippen LogP contribution in [0.5, 0.6) is 0 Å². The molecular formula is C16H15ClO2. The van der Waals surface area contributed by atoms with E-state index in [9.17, 15) is 9.90 Å². The van der Waals surface area contributed by atoms with E-state index >= 15 is 0 Å². The van der Waals surface area contributed by atoms with E-state index in [0.29, 0.717) is 16.5 Å². The maximum absolute atomic E-state index is 11.3. The fourth-order valence-corrected chi connectivity index (χ4v) is 2.31. The van der Waals surface area contributed by atoms with Gasteiger partial charge in [-0.15, -0.1) is 0 Å². The number of benzene rings is 2. The van der Waals surface area contributed by atoms with Crippen LogP contribution in [0, 0.1) is 0 Å². The third-order valence-electron chi connectivity index (χ3n) is 3.11. The Morgan fingerprint density at radius 1 is 1.11 bits per heavy atom. The van der Waals surface area contributed by atoms with E-state index in [0.717, 1.165) is 5.56 Å². The van der Waals surface area contributed by atoms with Crippen LogP contribution in [0.1, 0.15) is 35.7 Å². The van der Waals surface area contributed by atoms with Gasteiger partial charge in [-0.25, -0.2) is 4.79 Å². The zero-order valence-electron chi connectivity index (χ0n) is 10.9. The first kappa shape index (κ1) is 13.6. The molecule has 2 rings (SSSR count). The lowest BCUT2D eigenvalue weighted by molar-refractivity contribution is 0.0697. The van der Waals surface area contributed by atoms with Crippen LogP contribution in [-0.2, 0) is 0 Å². The number of hydrogen-bond donors (Lipinski definition) is 1. The summed E-state index contributed by atoms with van der Waals surface area (Å²) in [5, 5.41) is 9.69. The summed E-state index contributed by atoms with van der Waals surface area (Å²) < 4.78 is 0. The molecule has 2 aromatic rings. The van der Waals surface area contributed by atoms with E-state index in [2.05, 4.69) is 13.8 Å². The molecule has 0 bridgehead atoms. The molecule has 0 heterocycles. The van der Waals surface area contributed by atoms with Gasteiger partial charge in [-0.3, -0.25) is 0 Å². The lowest BCUT2D eigenvalue weighted by Gasteiger charge is -2.11. The van der Waals surface area contributed by atoms with Crippen molar-refractivity contribution in [3.8, 4) is 11.1 Å². The predicted octanol–water partition coefficient (Wildman–Crippen LogP) is 4.83. The van der Waals surface area contributed by atoms with Crippen LogP contribution < -0.4 is 0 Å². The van der Waals surface area contributed by atoms with Crippen molar-refractivity contribution in [3.63, 3.8) is 0 Å². The van der Waals surface area contributed by atoms with Crippen LogP contribution in [-0.4, -0.2) is 11.1 Å². The van der Waals surface area contributed by atoms with Crippen LogP contribution in [0.3, 0.4) is 0 Å². The van der Waals surface area contributed by atoms with Gasteiger partial charge in [-0.2, -0.15) is 0 Å². The molecule has 0 radical (unpaired) electrons. The van der Waals surface area contributed by atoms with Gasteiger partial charge in [-0.1, -0.05) is 55.8 Å². The molecule has 0 aliphatic heterocycles. The van der Waals surface area contributed by atoms with Crippen molar-refractivity contribution in [2.75, 3.05) is 0 Å². The minimum absolute atomic E-state index is 0.227. The normalized spacial score (nSPS) is 10.7. The number of hydrogen-bond acceptors (Lipinski definition) is 1. The molecule has 0 aromatic heterocycles. The van der Waals surface area contributed by atoms with E-state index in [1.807, 2.05) is 24.3 Å². The standard InChI is InChI=1S/C16H15ClO2/c1-10(2)11-6-8-12(9-7-11)15-13(16(18)19)4-3-5-14(15)17/h3-10H,1-2H3,(H,18,19). The maximum Gasteiger partial charge on any atom is 0.336 e. The van der Waals surface area contributed by atoms with E-state index in [4.69, 9.17) is 11.6 Å². The highest BCUT2D eigenvalue weighted by atomic mass is 35.5. The second kappa shape index (κ2) is 5.45. The molecule has 0 amide bonds. The van der Waals surface area contributed by atoms with Gasteiger partial charge >= 0.3 is 5.97 Å². The topological polar surface area (TPSA) is 37.3 Å². The van der Waals surface area contributed by atoms with E-state index in [1.54, 1.807) is 18.2 Å². The molecule has 1 N–H and O–H groups in total. The van der Waals surface area contributed by atoms with Crippen LogP contribution >= 0.6 is 11.6 Å². The molecule has 0 unspecified atom stereocenters. The second-order valence-electron chi connectivity index (χ2n) is 4.74. The highest BCUT2D eigenvalue weighted by Crippen LogP contribution is 2.32. The van der Waals surface area contributed by atoms with Crippen LogP contribution in [0.15, 0.2) is 42.5 Å². The molecule has 0 saturated heterocycles. The zero-order valence-corrected chi connectivity index (χ0v) is 11.6. The quantitative estimate of drug-likeness (QED) is 0.870. The minimum Gasteiger partial charge on any atom is -0.478 e. The molecule has 3 heteroatoms. The smallest absolute Gasteiger partial charge is 0.336 e. The van der Waals surface area contributed by atoms with Crippen LogP contribution in [0.4, 0.5) is 0 Å². The maximum atomic E-state index is 11.3. The van der Waals surface area contributed by atoms with Gasteiger partial charge in [0.25, 0.3) is 0 Å². The molecule has 0 atom stereocenters. The zero-order chi connectivity index (χ0) is 14.0. The number of carboxylic acids is 1. The molecule has 0 aliphatic carbocycles. The summed E-state index contributed by atoms with van der Waals surface area (Å²) in [6.45, 7) is 4.24. The van der Waals surface area contributed by atoms with Crippen molar-refractivity contribution >= 4 is 17.6 Å². The van der Waals surface area contributed by atoms with Crippen LogP contribution in [0.25, 0.3) is 11.1 Å². The van der Waals surface area contributed by atoms with Gasteiger partial charge in [0.2, 0.25) is 0 Å². The summed E-state index contributed by atoms with van der Waals surface area (Å²) in [4.78, 5) is 11.3. The van der Waals surface area contributed by atoms with Gasteiger partial charge in [0.15, 0.2) is 0 Å². The summed E-state index contributed by atoms with van der Waals surface area (Å²) in [5.74, 6) is -0.523. The lowest BCUT2D eigenvalue weighted by Crippen LogP contribution is -2.00. The molecular weight excluding hydrogens is 260 g/mol. The Labute approximate surface area is 117 Å². The molecule has 0 spiro atoms. The molecule has 0 aliphatic rings. The number of carbonyl (C=O) groups is 1.